The van der Waals surface area contributed by atoms with Gasteiger partial charge in [-0.2, -0.15) is 0 Å². The maximum atomic E-state index is 14.0. The van der Waals surface area contributed by atoms with Crippen molar-refractivity contribution in [1.82, 2.24) is 30.1 Å². The predicted molar refractivity (Wildman–Crippen MR) is 128 cm³/mol. The van der Waals surface area contributed by atoms with E-state index < -0.39 is 11.8 Å². The number of nitrogens with zero attached hydrogens (tertiary/aromatic N) is 6. The summed E-state index contributed by atoms with van der Waals surface area (Å²) in [6, 6.07) is 7.65. The monoisotopic (exact) mass is 507 g/mol. The lowest BCUT2D eigenvalue weighted by Gasteiger charge is -2.17. The number of hydrogen-bond donors (Lipinski definition) is 1. The van der Waals surface area contributed by atoms with Gasteiger partial charge in [0.05, 0.1) is 24.3 Å². The molecule has 1 N–H and O–H groups in total. The number of ether oxygens (including phenoxy) is 2. The zero-order valence-electron chi connectivity index (χ0n) is 18.8. The minimum atomic E-state index is -0.633. The number of hydrogen-bond acceptors (Lipinski definition) is 11. The van der Waals surface area contributed by atoms with Crippen molar-refractivity contribution in [1.29, 1.82) is 0 Å². The van der Waals surface area contributed by atoms with Crippen LogP contribution in [0.3, 0.4) is 0 Å². The summed E-state index contributed by atoms with van der Waals surface area (Å²) in [6.07, 6.45) is 3.50. The van der Waals surface area contributed by atoms with Gasteiger partial charge in [-0.05, 0) is 46.8 Å². The topological polar surface area (TPSA) is 126 Å². The normalized spacial score (nSPS) is 15.4. The highest BCUT2D eigenvalue weighted by Gasteiger charge is 2.24. The van der Waals surface area contributed by atoms with Crippen LogP contribution in [0.4, 0.5) is 15.9 Å². The maximum Gasteiger partial charge on any atom is 0.376 e. The molecule has 11 nitrogen and oxygen atoms in total. The fraction of sp³-hybridized carbons (Fsp3) is 0.217. The average Bonchev–Trinajstić information content (AvgIpc) is 3.61. The number of benzene rings is 1. The maximum absolute atomic E-state index is 14.0. The molecular weight excluding hydrogens is 489 g/mol. The number of aromatic nitrogens is 6. The molecule has 1 aliphatic rings. The van der Waals surface area contributed by atoms with E-state index in [1.165, 1.54) is 18.5 Å². The third-order valence-corrected chi connectivity index (χ3v) is 6.82. The molecular formula is C23H18FN7O4S. The van der Waals surface area contributed by atoms with E-state index in [0.29, 0.717) is 62.3 Å². The summed E-state index contributed by atoms with van der Waals surface area (Å²) in [4.78, 5) is 33.2. The molecule has 1 fully saturated rings. The van der Waals surface area contributed by atoms with Crippen molar-refractivity contribution in [2.45, 2.75) is 19.4 Å². The van der Waals surface area contributed by atoms with E-state index in [9.17, 15) is 9.18 Å². The second kappa shape index (κ2) is 9.09. The molecule has 5 aromatic rings. The Morgan fingerprint density at radius 2 is 2.19 bits per heavy atom. The lowest BCUT2D eigenvalue weighted by Crippen LogP contribution is -2.21. The van der Waals surface area contributed by atoms with Gasteiger partial charge in [0.1, 0.15) is 45.0 Å². The molecule has 0 amide bonds. The average molecular weight is 508 g/mol. The molecule has 1 saturated heterocycles. The van der Waals surface area contributed by atoms with Gasteiger partial charge in [-0.3, -0.25) is 0 Å². The number of aryl methyl sites for hydroxylation is 1. The van der Waals surface area contributed by atoms with Crippen LogP contribution in [-0.4, -0.2) is 55.4 Å². The molecule has 36 heavy (non-hydrogen) atoms. The number of halogens is 1. The first-order valence-corrected chi connectivity index (χ1v) is 11.8. The number of carbonyl (C=O) groups excluding carboxylic acids is 1. The zero-order valence-corrected chi connectivity index (χ0v) is 19.7. The molecule has 0 aliphatic carbocycles. The first-order valence-electron chi connectivity index (χ1n) is 11.0. The number of rotatable bonds is 6. The molecule has 5 heterocycles. The fourth-order valence-corrected chi connectivity index (χ4v) is 4.92. The van der Waals surface area contributed by atoms with E-state index in [1.807, 2.05) is 0 Å². The largest absolute Gasteiger partial charge is 0.486 e. The van der Waals surface area contributed by atoms with Crippen LogP contribution < -0.4 is 14.9 Å². The molecule has 1 atom stereocenters. The van der Waals surface area contributed by atoms with Gasteiger partial charge in [0.2, 0.25) is 5.65 Å². The molecule has 1 aromatic carbocycles. The van der Waals surface area contributed by atoms with Gasteiger partial charge in [0.15, 0.2) is 0 Å². The lowest BCUT2D eigenvalue weighted by atomic mass is 10.2. The summed E-state index contributed by atoms with van der Waals surface area (Å²) in [7, 11) is 0. The molecule has 1 aliphatic heterocycles. The van der Waals surface area contributed by atoms with E-state index in [1.54, 1.807) is 31.3 Å². The van der Waals surface area contributed by atoms with Gasteiger partial charge in [0.25, 0.3) is 0 Å². The Morgan fingerprint density at radius 3 is 3.06 bits per heavy atom. The first-order chi connectivity index (χ1) is 17.6. The van der Waals surface area contributed by atoms with Crippen molar-refractivity contribution in [2.75, 3.05) is 18.5 Å². The minimum absolute atomic E-state index is 0.163. The van der Waals surface area contributed by atoms with E-state index in [4.69, 9.17) is 14.3 Å². The van der Waals surface area contributed by atoms with Crippen molar-refractivity contribution >= 4 is 50.2 Å². The Balaban J connectivity index is 1.32. The predicted octanol–water partition coefficient (Wildman–Crippen LogP) is 3.46. The molecule has 0 saturated carbocycles. The van der Waals surface area contributed by atoms with Crippen LogP contribution in [0.2, 0.25) is 0 Å². The molecule has 0 bridgehead atoms. The van der Waals surface area contributed by atoms with E-state index >= 15 is 0 Å². The molecule has 182 valence electrons. The fourth-order valence-electron chi connectivity index (χ4n) is 3.90. The summed E-state index contributed by atoms with van der Waals surface area (Å²) >= 11 is 1.16. The Bertz CT molecular complexity index is 1600. The van der Waals surface area contributed by atoms with Crippen LogP contribution in [0.25, 0.3) is 21.4 Å². The van der Waals surface area contributed by atoms with E-state index in [-0.39, 0.29) is 6.10 Å². The third kappa shape index (κ3) is 4.07. The number of nitrogens with one attached hydrogen (secondary N) is 1. The SMILES string of the molecule is Cc1c(C(=O)On2nnc3cccnc32)sc2ncnc(Nc3ccc(F)cc3OC3CCOC3)c12. The van der Waals surface area contributed by atoms with Crippen molar-refractivity contribution < 1.29 is 23.5 Å². The Hall–Kier alpha value is -4.23. The number of fused-ring (bicyclic) bond motifs is 2. The summed E-state index contributed by atoms with van der Waals surface area (Å²) in [5, 5.41) is 11.6. The Labute approximate surface area is 206 Å². The molecule has 4 aromatic heterocycles. The standard InChI is InChI=1S/C23H18FN7O4S/c1-12-18-20(28-15-5-4-13(24)9-17(15)34-14-6-8-33-10-14)26-11-27-22(18)36-19(12)23(32)35-31-21-16(29-30-31)3-2-7-25-21/h2-5,7,9,11,14H,6,8,10H2,1H3,(H,26,27,28). The van der Waals surface area contributed by atoms with Crippen LogP contribution in [0, 0.1) is 12.7 Å². The van der Waals surface area contributed by atoms with Gasteiger partial charge in [0, 0.05) is 18.7 Å². The smallest absolute Gasteiger partial charge is 0.376 e. The van der Waals surface area contributed by atoms with Crippen LogP contribution >= 0.6 is 11.3 Å². The van der Waals surface area contributed by atoms with Crippen molar-refractivity contribution in [3.63, 3.8) is 0 Å². The van der Waals surface area contributed by atoms with Crippen molar-refractivity contribution in [2.24, 2.45) is 0 Å². The van der Waals surface area contributed by atoms with Gasteiger partial charge in [-0.15, -0.1) is 16.4 Å². The highest BCUT2D eigenvalue weighted by atomic mass is 32.1. The Morgan fingerprint density at radius 1 is 1.28 bits per heavy atom. The number of thiophene rings is 1. The molecule has 13 heteroatoms. The summed E-state index contributed by atoms with van der Waals surface area (Å²) < 4.78 is 25.3. The summed E-state index contributed by atoms with van der Waals surface area (Å²) in [5.74, 6) is -0.268. The quantitative estimate of drug-likeness (QED) is 0.342. The minimum Gasteiger partial charge on any atom is -0.486 e. The number of anilines is 2. The number of carbonyl (C=O) groups is 1. The zero-order chi connectivity index (χ0) is 24.6. The molecule has 0 spiro atoms. The van der Waals surface area contributed by atoms with Gasteiger partial charge >= 0.3 is 5.97 Å². The highest BCUT2D eigenvalue weighted by molar-refractivity contribution is 7.20. The van der Waals surface area contributed by atoms with Crippen LogP contribution in [0.5, 0.6) is 5.75 Å². The van der Waals surface area contributed by atoms with Crippen LogP contribution in [0.1, 0.15) is 21.7 Å². The molecule has 0 radical (unpaired) electrons. The van der Waals surface area contributed by atoms with Crippen LogP contribution in [0.15, 0.2) is 42.9 Å². The van der Waals surface area contributed by atoms with Gasteiger partial charge in [-0.25, -0.2) is 24.1 Å². The second-order valence-electron chi connectivity index (χ2n) is 8.01. The Kier molecular flexibility index (Phi) is 5.62. The third-order valence-electron chi connectivity index (χ3n) is 5.64. The lowest BCUT2D eigenvalue weighted by molar-refractivity contribution is 0.0410. The summed E-state index contributed by atoms with van der Waals surface area (Å²) in [5.41, 5.74) is 1.97. The number of pyridine rings is 1. The summed E-state index contributed by atoms with van der Waals surface area (Å²) in [6.45, 7) is 2.82. The van der Waals surface area contributed by atoms with Crippen LogP contribution in [-0.2, 0) is 4.74 Å². The van der Waals surface area contributed by atoms with E-state index in [0.717, 1.165) is 22.6 Å². The highest BCUT2D eigenvalue weighted by Crippen LogP contribution is 2.37. The molecule has 1 unspecified atom stereocenters. The first kappa shape index (κ1) is 22.2. The second-order valence-corrected chi connectivity index (χ2v) is 9.01. The van der Waals surface area contributed by atoms with Gasteiger partial charge in [-0.1, -0.05) is 0 Å². The van der Waals surface area contributed by atoms with Crippen molar-refractivity contribution in [3.05, 3.63) is 59.1 Å². The van der Waals surface area contributed by atoms with Crippen molar-refractivity contribution in [3.8, 4) is 5.75 Å². The van der Waals surface area contributed by atoms with Gasteiger partial charge < -0.3 is 19.6 Å². The molecule has 6 rings (SSSR count). The van der Waals surface area contributed by atoms with E-state index in [2.05, 4.69) is 30.6 Å².